The zero-order valence-electron chi connectivity index (χ0n) is 11.1. The second-order valence-electron chi connectivity index (χ2n) is 4.79. The Hall–Kier alpha value is -2.24. The molecule has 1 aromatic rings. The molecule has 0 aliphatic rings. The van der Waals surface area contributed by atoms with Crippen LogP contribution in [0.1, 0.15) is 30.6 Å². The molecule has 3 N–H and O–H groups in total. The number of methoxy groups -OCH3 is 1. The summed E-state index contributed by atoms with van der Waals surface area (Å²) >= 11 is 0. The van der Waals surface area contributed by atoms with E-state index in [1.165, 1.54) is 19.2 Å². The molecule has 0 atom stereocenters. The molecular formula is C13H17NO5. The van der Waals surface area contributed by atoms with E-state index in [2.05, 4.69) is 5.32 Å². The third-order valence-corrected chi connectivity index (χ3v) is 2.49. The van der Waals surface area contributed by atoms with Crippen LogP contribution in [-0.4, -0.2) is 34.7 Å². The fraction of sp³-hybridized carbons (Fsp3) is 0.385. The monoisotopic (exact) mass is 267 g/mol. The quantitative estimate of drug-likeness (QED) is 0.749. The molecule has 0 heterocycles. The van der Waals surface area contributed by atoms with Gasteiger partial charge >= 0.3 is 5.97 Å². The molecule has 1 amide bonds. The number of carbonyl (C=O) groups is 2. The first-order chi connectivity index (χ1) is 8.75. The van der Waals surface area contributed by atoms with Gasteiger partial charge in [-0.3, -0.25) is 9.59 Å². The summed E-state index contributed by atoms with van der Waals surface area (Å²) in [5.74, 6) is -1.34. The minimum atomic E-state index is -1.01. The lowest BCUT2D eigenvalue weighted by atomic mass is 10.00. The molecule has 0 aliphatic carbocycles. The predicted octanol–water partition coefficient (Wildman–Crippen LogP) is 1.38. The number of amides is 1. The average Bonchev–Trinajstić information content (AvgIpc) is 2.25. The lowest BCUT2D eigenvalue weighted by Crippen LogP contribution is -2.44. The van der Waals surface area contributed by atoms with Gasteiger partial charge in [0.2, 0.25) is 0 Å². The van der Waals surface area contributed by atoms with Crippen LogP contribution in [0.5, 0.6) is 11.5 Å². The van der Waals surface area contributed by atoms with Gasteiger partial charge in [0.15, 0.2) is 0 Å². The van der Waals surface area contributed by atoms with Crippen molar-refractivity contribution < 1.29 is 24.5 Å². The molecule has 0 saturated carbocycles. The summed E-state index contributed by atoms with van der Waals surface area (Å²) in [4.78, 5) is 22.6. The van der Waals surface area contributed by atoms with E-state index in [0.29, 0.717) is 5.75 Å². The standard InChI is InChI=1S/C13H17NO5/c1-13(2,7-11(16)17)14-12(18)9-5-4-8(19-3)6-10(9)15/h4-6,15H,7H2,1-3H3,(H,14,18)(H,16,17). The Morgan fingerprint density at radius 1 is 1.37 bits per heavy atom. The van der Waals surface area contributed by atoms with Gasteiger partial charge in [0, 0.05) is 11.6 Å². The van der Waals surface area contributed by atoms with E-state index in [-0.39, 0.29) is 17.7 Å². The summed E-state index contributed by atoms with van der Waals surface area (Å²) in [5.41, 5.74) is -0.839. The minimum Gasteiger partial charge on any atom is -0.507 e. The molecule has 0 radical (unpaired) electrons. The Morgan fingerprint density at radius 2 is 2.00 bits per heavy atom. The molecule has 0 aromatic heterocycles. The Bertz CT molecular complexity index is 496. The molecule has 6 nitrogen and oxygen atoms in total. The third kappa shape index (κ3) is 4.17. The third-order valence-electron chi connectivity index (χ3n) is 2.49. The molecule has 19 heavy (non-hydrogen) atoms. The number of carbonyl (C=O) groups excluding carboxylic acids is 1. The average molecular weight is 267 g/mol. The maximum Gasteiger partial charge on any atom is 0.305 e. The molecule has 0 spiro atoms. The summed E-state index contributed by atoms with van der Waals surface area (Å²) in [6.45, 7) is 3.19. The number of aromatic hydroxyl groups is 1. The maximum absolute atomic E-state index is 12.0. The molecule has 1 rings (SSSR count). The fourth-order valence-corrected chi connectivity index (χ4v) is 1.63. The zero-order valence-corrected chi connectivity index (χ0v) is 11.1. The second-order valence-corrected chi connectivity index (χ2v) is 4.79. The SMILES string of the molecule is COc1ccc(C(=O)NC(C)(C)CC(=O)O)c(O)c1. The normalized spacial score (nSPS) is 10.9. The van der Waals surface area contributed by atoms with Gasteiger partial charge in [0.1, 0.15) is 11.5 Å². The van der Waals surface area contributed by atoms with Crippen molar-refractivity contribution in [2.45, 2.75) is 25.8 Å². The van der Waals surface area contributed by atoms with Crippen LogP contribution in [0.2, 0.25) is 0 Å². The van der Waals surface area contributed by atoms with Gasteiger partial charge in [-0.05, 0) is 26.0 Å². The number of carboxylic acids is 1. The first kappa shape index (κ1) is 14.8. The number of ether oxygens (including phenoxy) is 1. The van der Waals surface area contributed by atoms with Gasteiger partial charge in [0.05, 0.1) is 19.1 Å². The number of carboxylic acid groups (broad SMARTS) is 1. The summed E-state index contributed by atoms with van der Waals surface area (Å²) in [6.07, 6.45) is -0.213. The smallest absolute Gasteiger partial charge is 0.305 e. The Balaban J connectivity index is 2.86. The Kier molecular flexibility index (Phi) is 4.37. The number of nitrogens with one attached hydrogen (secondary N) is 1. The Morgan fingerprint density at radius 3 is 2.47 bits per heavy atom. The fourth-order valence-electron chi connectivity index (χ4n) is 1.63. The van der Waals surface area contributed by atoms with Crippen LogP contribution in [0.25, 0.3) is 0 Å². The van der Waals surface area contributed by atoms with Crippen LogP contribution in [0.4, 0.5) is 0 Å². The first-order valence-electron chi connectivity index (χ1n) is 5.66. The Labute approximate surface area is 111 Å². The molecule has 0 bridgehead atoms. The van der Waals surface area contributed by atoms with Gasteiger partial charge in [-0.2, -0.15) is 0 Å². The zero-order chi connectivity index (χ0) is 14.6. The molecule has 0 aliphatic heterocycles. The summed E-state index contributed by atoms with van der Waals surface area (Å²) in [6, 6.07) is 4.28. The van der Waals surface area contributed by atoms with E-state index < -0.39 is 17.4 Å². The van der Waals surface area contributed by atoms with E-state index in [1.807, 2.05) is 0 Å². The first-order valence-corrected chi connectivity index (χ1v) is 5.66. The van der Waals surface area contributed by atoms with Gasteiger partial charge in [-0.1, -0.05) is 0 Å². The van der Waals surface area contributed by atoms with E-state index >= 15 is 0 Å². The highest BCUT2D eigenvalue weighted by Crippen LogP contribution is 2.24. The van der Waals surface area contributed by atoms with Crippen molar-refractivity contribution in [3.63, 3.8) is 0 Å². The summed E-state index contributed by atoms with van der Waals surface area (Å²) in [7, 11) is 1.45. The molecule has 6 heteroatoms. The lowest BCUT2D eigenvalue weighted by molar-refractivity contribution is -0.138. The van der Waals surface area contributed by atoms with Gasteiger partial charge < -0.3 is 20.3 Å². The van der Waals surface area contributed by atoms with Crippen molar-refractivity contribution in [2.75, 3.05) is 7.11 Å². The summed E-state index contributed by atoms with van der Waals surface area (Å²) in [5, 5.41) is 21.0. The molecule has 104 valence electrons. The van der Waals surface area contributed by atoms with Crippen LogP contribution >= 0.6 is 0 Å². The van der Waals surface area contributed by atoms with Crippen LogP contribution in [0, 0.1) is 0 Å². The minimum absolute atomic E-state index is 0.0688. The number of benzene rings is 1. The van der Waals surface area contributed by atoms with Crippen molar-refractivity contribution in [3.8, 4) is 11.5 Å². The van der Waals surface area contributed by atoms with E-state index in [9.17, 15) is 14.7 Å². The van der Waals surface area contributed by atoms with Crippen molar-refractivity contribution in [1.82, 2.24) is 5.32 Å². The van der Waals surface area contributed by atoms with Gasteiger partial charge in [-0.15, -0.1) is 0 Å². The number of rotatable bonds is 5. The number of phenolic OH excluding ortho intramolecular Hbond substituents is 1. The van der Waals surface area contributed by atoms with Crippen molar-refractivity contribution >= 4 is 11.9 Å². The largest absolute Gasteiger partial charge is 0.507 e. The van der Waals surface area contributed by atoms with Crippen molar-refractivity contribution in [3.05, 3.63) is 23.8 Å². The maximum atomic E-state index is 12.0. The molecule has 0 fully saturated rings. The number of phenols is 1. The lowest BCUT2D eigenvalue weighted by Gasteiger charge is -2.24. The van der Waals surface area contributed by atoms with Crippen molar-refractivity contribution in [1.29, 1.82) is 0 Å². The molecular weight excluding hydrogens is 250 g/mol. The van der Waals surface area contributed by atoms with Gasteiger partial charge in [0.25, 0.3) is 5.91 Å². The summed E-state index contributed by atoms with van der Waals surface area (Å²) < 4.78 is 4.91. The van der Waals surface area contributed by atoms with Crippen LogP contribution in [0.3, 0.4) is 0 Å². The second kappa shape index (κ2) is 5.60. The number of aliphatic carboxylic acids is 1. The molecule has 1 aromatic carbocycles. The highest BCUT2D eigenvalue weighted by atomic mass is 16.5. The number of hydrogen-bond donors (Lipinski definition) is 3. The van der Waals surface area contributed by atoms with Crippen LogP contribution in [-0.2, 0) is 4.79 Å². The van der Waals surface area contributed by atoms with Crippen LogP contribution < -0.4 is 10.1 Å². The molecule has 0 saturated heterocycles. The topological polar surface area (TPSA) is 95.9 Å². The van der Waals surface area contributed by atoms with E-state index in [0.717, 1.165) is 0 Å². The van der Waals surface area contributed by atoms with Crippen LogP contribution in [0.15, 0.2) is 18.2 Å². The molecule has 0 unspecified atom stereocenters. The van der Waals surface area contributed by atoms with Gasteiger partial charge in [-0.25, -0.2) is 0 Å². The van der Waals surface area contributed by atoms with Crippen molar-refractivity contribution in [2.24, 2.45) is 0 Å². The highest BCUT2D eigenvalue weighted by molar-refractivity contribution is 5.97. The predicted molar refractivity (Wildman–Crippen MR) is 68.5 cm³/mol. The van der Waals surface area contributed by atoms with E-state index in [4.69, 9.17) is 9.84 Å². The van der Waals surface area contributed by atoms with E-state index in [1.54, 1.807) is 19.9 Å². The number of hydrogen-bond acceptors (Lipinski definition) is 4. The highest BCUT2D eigenvalue weighted by Gasteiger charge is 2.25.